The van der Waals surface area contributed by atoms with Gasteiger partial charge in [0.05, 0.1) is 0 Å². The first-order valence-electron chi connectivity index (χ1n) is 6.36. The molecule has 2 atom stereocenters. The number of hydrogen-bond acceptors (Lipinski definition) is 2. The number of halogens is 1. The summed E-state index contributed by atoms with van der Waals surface area (Å²) in [5, 5.41) is 4.24. The molecule has 0 aliphatic heterocycles. The Bertz CT molecular complexity index is 365. The molecule has 1 aliphatic carbocycles. The number of ether oxygens (including phenoxy) is 1. The molecule has 0 aromatic heterocycles. The topological polar surface area (TPSA) is 21.3 Å². The van der Waals surface area contributed by atoms with E-state index in [-0.39, 0.29) is 6.10 Å². The van der Waals surface area contributed by atoms with Gasteiger partial charge in [0.25, 0.3) is 0 Å². The van der Waals surface area contributed by atoms with Gasteiger partial charge < -0.3 is 10.1 Å². The second-order valence-corrected chi connectivity index (χ2v) is 5.14. The lowest BCUT2D eigenvalue weighted by atomic mass is 10.1. The van der Waals surface area contributed by atoms with Crippen LogP contribution in [0, 0.1) is 5.92 Å². The van der Waals surface area contributed by atoms with Crippen molar-refractivity contribution in [2.24, 2.45) is 5.92 Å². The smallest absolute Gasteiger partial charge is 0.121 e. The fourth-order valence-corrected chi connectivity index (χ4v) is 2.42. The lowest BCUT2D eigenvalue weighted by Gasteiger charge is -2.25. The average molecular weight is 254 g/mol. The van der Waals surface area contributed by atoms with Gasteiger partial charge in [0.1, 0.15) is 11.9 Å². The molecule has 0 radical (unpaired) electrons. The lowest BCUT2D eigenvalue weighted by Crippen LogP contribution is -2.43. The van der Waals surface area contributed by atoms with Gasteiger partial charge in [0.15, 0.2) is 0 Å². The SMILES string of the molecule is CCNC(C1CC1)C(C)Oc1cccc(Cl)c1. The minimum absolute atomic E-state index is 0.181. The molecule has 2 nitrogen and oxygen atoms in total. The second kappa shape index (κ2) is 5.74. The molecule has 2 unspecified atom stereocenters. The number of likely N-dealkylation sites (N-methyl/N-ethyl adjacent to an activating group) is 1. The summed E-state index contributed by atoms with van der Waals surface area (Å²) in [5.74, 6) is 1.64. The van der Waals surface area contributed by atoms with Gasteiger partial charge in [-0.2, -0.15) is 0 Å². The first-order chi connectivity index (χ1) is 8.20. The normalized spacial score (nSPS) is 18.8. The summed E-state index contributed by atoms with van der Waals surface area (Å²) in [7, 11) is 0. The predicted molar refractivity (Wildman–Crippen MR) is 71.7 cm³/mol. The van der Waals surface area contributed by atoms with Crippen LogP contribution in [0.5, 0.6) is 5.75 Å². The van der Waals surface area contributed by atoms with E-state index in [0.29, 0.717) is 6.04 Å². The quantitative estimate of drug-likeness (QED) is 0.838. The van der Waals surface area contributed by atoms with E-state index >= 15 is 0 Å². The zero-order valence-corrected chi connectivity index (χ0v) is 11.2. The molecular formula is C14H20ClNO. The molecule has 3 heteroatoms. The van der Waals surface area contributed by atoms with Crippen LogP contribution in [-0.4, -0.2) is 18.7 Å². The van der Waals surface area contributed by atoms with Crippen LogP contribution in [-0.2, 0) is 0 Å². The van der Waals surface area contributed by atoms with Gasteiger partial charge >= 0.3 is 0 Å². The molecule has 2 rings (SSSR count). The van der Waals surface area contributed by atoms with Crippen LogP contribution in [0.2, 0.25) is 5.02 Å². The van der Waals surface area contributed by atoms with Crippen LogP contribution < -0.4 is 10.1 Å². The van der Waals surface area contributed by atoms with Crippen molar-refractivity contribution in [1.29, 1.82) is 0 Å². The first-order valence-corrected chi connectivity index (χ1v) is 6.74. The summed E-state index contributed by atoms with van der Waals surface area (Å²) in [6, 6.07) is 8.07. The lowest BCUT2D eigenvalue weighted by molar-refractivity contribution is 0.159. The largest absolute Gasteiger partial charge is 0.489 e. The van der Waals surface area contributed by atoms with Gasteiger partial charge in [-0.25, -0.2) is 0 Å². The van der Waals surface area contributed by atoms with Crippen LogP contribution >= 0.6 is 11.6 Å². The Hall–Kier alpha value is -0.730. The fraction of sp³-hybridized carbons (Fsp3) is 0.571. The third kappa shape index (κ3) is 3.62. The van der Waals surface area contributed by atoms with Crippen molar-refractivity contribution in [1.82, 2.24) is 5.32 Å². The molecule has 1 N–H and O–H groups in total. The third-order valence-electron chi connectivity index (χ3n) is 3.19. The van der Waals surface area contributed by atoms with Crippen molar-refractivity contribution in [3.63, 3.8) is 0 Å². The monoisotopic (exact) mass is 253 g/mol. The molecule has 0 saturated heterocycles. The Kier molecular flexibility index (Phi) is 4.30. The van der Waals surface area contributed by atoms with E-state index in [1.807, 2.05) is 24.3 Å². The second-order valence-electron chi connectivity index (χ2n) is 4.70. The van der Waals surface area contributed by atoms with E-state index in [4.69, 9.17) is 16.3 Å². The molecule has 0 heterocycles. The standard InChI is InChI=1S/C14H20ClNO/c1-3-16-14(11-7-8-11)10(2)17-13-6-4-5-12(15)9-13/h4-6,9-11,14,16H,3,7-8H2,1-2H3. The van der Waals surface area contributed by atoms with Crippen LogP contribution in [0.1, 0.15) is 26.7 Å². The maximum atomic E-state index is 5.96. The van der Waals surface area contributed by atoms with Gasteiger partial charge in [0.2, 0.25) is 0 Å². The maximum absolute atomic E-state index is 5.96. The maximum Gasteiger partial charge on any atom is 0.121 e. The van der Waals surface area contributed by atoms with Crippen molar-refractivity contribution in [2.45, 2.75) is 38.8 Å². The number of benzene rings is 1. The number of hydrogen-bond donors (Lipinski definition) is 1. The Morgan fingerprint density at radius 2 is 2.24 bits per heavy atom. The summed E-state index contributed by atoms with van der Waals surface area (Å²) < 4.78 is 5.96. The average Bonchev–Trinajstić information content (AvgIpc) is 3.09. The molecule has 1 aromatic rings. The van der Waals surface area contributed by atoms with E-state index < -0.39 is 0 Å². The highest BCUT2D eigenvalue weighted by Gasteiger charge is 2.35. The molecule has 1 aliphatic rings. The van der Waals surface area contributed by atoms with Crippen molar-refractivity contribution in [2.75, 3.05) is 6.54 Å². The van der Waals surface area contributed by atoms with E-state index in [9.17, 15) is 0 Å². The van der Waals surface area contributed by atoms with Crippen molar-refractivity contribution < 1.29 is 4.74 Å². The molecule has 1 aromatic carbocycles. The Labute approximate surface area is 108 Å². The Morgan fingerprint density at radius 1 is 1.47 bits per heavy atom. The summed E-state index contributed by atoms with van der Waals surface area (Å²) in [6.45, 7) is 5.26. The Balaban J connectivity index is 1.96. The van der Waals surface area contributed by atoms with Gasteiger partial charge in [-0.05, 0) is 50.4 Å². The zero-order valence-electron chi connectivity index (χ0n) is 10.4. The summed E-state index contributed by atoms with van der Waals surface area (Å²) >= 11 is 5.95. The van der Waals surface area contributed by atoms with Crippen molar-refractivity contribution >= 4 is 11.6 Å². The summed E-state index contributed by atoms with van der Waals surface area (Å²) in [5.41, 5.74) is 0. The molecule has 0 bridgehead atoms. The highest BCUT2D eigenvalue weighted by molar-refractivity contribution is 6.30. The van der Waals surface area contributed by atoms with Crippen LogP contribution in [0.25, 0.3) is 0 Å². The Morgan fingerprint density at radius 3 is 2.82 bits per heavy atom. The fourth-order valence-electron chi connectivity index (χ4n) is 2.24. The molecule has 94 valence electrons. The van der Waals surface area contributed by atoms with Crippen molar-refractivity contribution in [3.8, 4) is 5.75 Å². The van der Waals surface area contributed by atoms with E-state index in [1.54, 1.807) is 0 Å². The minimum Gasteiger partial charge on any atom is -0.489 e. The number of nitrogens with one attached hydrogen (secondary N) is 1. The van der Waals surface area contributed by atoms with Crippen LogP contribution in [0.3, 0.4) is 0 Å². The molecule has 1 saturated carbocycles. The first kappa shape index (κ1) is 12.7. The van der Waals surface area contributed by atoms with E-state index in [0.717, 1.165) is 23.2 Å². The van der Waals surface area contributed by atoms with E-state index in [1.165, 1.54) is 12.8 Å². The highest BCUT2D eigenvalue weighted by Crippen LogP contribution is 2.35. The summed E-state index contributed by atoms with van der Waals surface area (Å²) in [6.07, 6.45) is 2.82. The third-order valence-corrected chi connectivity index (χ3v) is 3.43. The molecule has 1 fully saturated rings. The van der Waals surface area contributed by atoms with Crippen LogP contribution in [0.4, 0.5) is 0 Å². The van der Waals surface area contributed by atoms with Crippen molar-refractivity contribution in [3.05, 3.63) is 29.3 Å². The van der Waals surface area contributed by atoms with E-state index in [2.05, 4.69) is 19.2 Å². The van der Waals surface area contributed by atoms with Gasteiger partial charge in [-0.3, -0.25) is 0 Å². The summed E-state index contributed by atoms with van der Waals surface area (Å²) in [4.78, 5) is 0. The molecule has 0 spiro atoms. The molecule has 0 amide bonds. The van der Waals surface area contributed by atoms with Gasteiger partial charge in [-0.1, -0.05) is 24.6 Å². The molecular weight excluding hydrogens is 234 g/mol. The number of rotatable bonds is 6. The van der Waals surface area contributed by atoms with Crippen LogP contribution in [0.15, 0.2) is 24.3 Å². The van der Waals surface area contributed by atoms with Gasteiger partial charge in [0, 0.05) is 11.1 Å². The highest BCUT2D eigenvalue weighted by atomic mass is 35.5. The van der Waals surface area contributed by atoms with Gasteiger partial charge in [-0.15, -0.1) is 0 Å². The minimum atomic E-state index is 0.181. The predicted octanol–water partition coefficient (Wildman–Crippen LogP) is 3.50. The zero-order chi connectivity index (χ0) is 12.3. The molecule has 17 heavy (non-hydrogen) atoms.